The van der Waals surface area contributed by atoms with Crippen molar-refractivity contribution in [1.82, 2.24) is 10.3 Å². The minimum absolute atomic E-state index is 0.249. The zero-order valence-corrected chi connectivity index (χ0v) is 10.0. The van der Waals surface area contributed by atoms with Crippen LogP contribution in [0.5, 0.6) is 0 Å². The number of piperazine rings is 1. The minimum Gasteiger partial charge on any atom is -0.369 e. The predicted octanol–water partition coefficient (Wildman–Crippen LogP) is 0.0419. The Labute approximate surface area is 101 Å². The largest absolute Gasteiger partial charge is 0.369 e. The van der Waals surface area contributed by atoms with Gasteiger partial charge in [-0.2, -0.15) is 0 Å². The van der Waals surface area contributed by atoms with Gasteiger partial charge in [-0.25, -0.2) is 5.84 Å². The normalized spacial score (nSPS) is 16.9. The van der Waals surface area contributed by atoms with Gasteiger partial charge in [0.25, 0.3) is 5.91 Å². The molecule has 1 fully saturated rings. The fourth-order valence-corrected chi connectivity index (χ4v) is 1.99. The minimum atomic E-state index is -0.249. The Balaban J connectivity index is 2.13. The fourth-order valence-electron chi connectivity index (χ4n) is 1.99. The number of carbonyl (C=O) groups excluding carboxylic acids is 1. The molecule has 0 radical (unpaired) electrons. The van der Waals surface area contributed by atoms with Crippen molar-refractivity contribution in [3.8, 4) is 0 Å². The second-order valence-electron chi connectivity index (χ2n) is 4.31. The van der Waals surface area contributed by atoms with Crippen molar-refractivity contribution in [2.24, 2.45) is 5.84 Å². The molecule has 0 atom stereocenters. The highest BCUT2D eigenvalue weighted by Gasteiger charge is 2.15. The van der Waals surface area contributed by atoms with E-state index in [0.717, 1.165) is 31.9 Å². The van der Waals surface area contributed by atoms with Crippen LogP contribution in [-0.4, -0.2) is 44.0 Å². The number of nitrogens with zero attached hydrogens (tertiary/aromatic N) is 2. The molecule has 1 aromatic carbocycles. The lowest BCUT2D eigenvalue weighted by atomic mass is 10.1. The van der Waals surface area contributed by atoms with Gasteiger partial charge in [0.1, 0.15) is 0 Å². The molecular formula is C12H18N4O. The number of nitrogens with one attached hydrogen (secondary N) is 1. The topological polar surface area (TPSA) is 61.6 Å². The summed E-state index contributed by atoms with van der Waals surface area (Å²) in [5, 5.41) is 0. The number of benzene rings is 1. The highest BCUT2D eigenvalue weighted by atomic mass is 16.2. The van der Waals surface area contributed by atoms with Crippen LogP contribution in [0.2, 0.25) is 0 Å². The standard InChI is InChI=1S/C12H18N4O/c1-15-5-7-16(8-6-15)11-4-2-3-10(9-11)12(17)14-13/h2-4,9H,5-8,13H2,1H3,(H,14,17). The van der Waals surface area contributed by atoms with Gasteiger partial charge in [0.05, 0.1) is 0 Å². The molecule has 1 aromatic rings. The van der Waals surface area contributed by atoms with Crippen molar-refractivity contribution in [1.29, 1.82) is 0 Å². The van der Waals surface area contributed by atoms with Gasteiger partial charge in [-0.3, -0.25) is 10.2 Å². The molecule has 1 amide bonds. The maximum atomic E-state index is 11.4. The molecule has 0 aliphatic carbocycles. The summed E-state index contributed by atoms with van der Waals surface area (Å²) in [5.74, 6) is 4.88. The van der Waals surface area contributed by atoms with Gasteiger partial charge in [-0.05, 0) is 25.2 Å². The van der Waals surface area contributed by atoms with Gasteiger partial charge in [0, 0.05) is 37.4 Å². The van der Waals surface area contributed by atoms with E-state index in [1.807, 2.05) is 18.2 Å². The van der Waals surface area contributed by atoms with Crippen LogP contribution in [-0.2, 0) is 0 Å². The Morgan fingerprint density at radius 3 is 2.65 bits per heavy atom. The lowest BCUT2D eigenvalue weighted by molar-refractivity contribution is 0.0953. The van der Waals surface area contributed by atoms with Gasteiger partial charge < -0.3 is 9.80 Å². The third kappa shape index (κ3) is 2.75. The molecule has 1 aliphatic heterocycles. The molecule has 5 heteroatoms. The average molecular weight is 234 g/mol. The second-order valence-corrected chi connectivity index (χ2v) is 4.31. The maximum absolute atomic E-state index is 11.4. The van der Waals surface area contributed by atoms with E-state index in [2.05, 4.69) is 22.3 Å². The number of hydrazine groups is 1. The van der Waals surface area contributed by atoms with Crippen LogP contribution in [0, 0.1) is 0 Å². The van der Waals surface area contributed by atoms with Crippen LogP contribution < -0.4 is 16.2 Å². The Kier molecular flexibility index (Phi) is 3.61. The van der Waals surface area contributed by atoms with Crippen LogP contribution in [0.1, 0.15) is 10.4 Å². The predicted molar refractivity (Wildman–Crippen MR) is 67.8 cm³/mol. The third-order valence-corrected chi connectivity index (χ3v) is 3.11. The van der Waals surface area contributed by atoms with Gasteiger partial charge in [-0.15, -0.1) is 0 Å². The lowest BCUT2D eigenvalue weighted by Crippen LogP contribution is -2.44. The van der Waals surface area contributed by atoms with E-state index >= 15 is 0 Å². The molecule has 17 heavy (non-hydrogen) atoms. The van der Waals surface area contributed by atoms with Crippen LogP contribution in [0.15, 0.2) is 24.3 Å². The number of hydrogen-bond donors (Lipinski definition) is 2. The van der Waals surface area contributed by atoms with Crippen LogP contribution >= 0.6 is 0 Å². The Hall–Kier alpha value is -1.59. The molecule has 1 saturated heterocycles. The van der Waals surface area contributed by atoms with E-state index in [0.29, 0.717) is 5.56 Å². The first-order valence-electron chi connectivity index (χ1n) is 5.75. The third-order valence-electron chi connectivity index (χ3n) is 3.11. The van der Waals surface area contributed by atoms with Crippen molar-refractivity contribution in [3.05, 3.63) is 29.8 Å². The monoisotopic (exact) mass is 234 g/mol. The number of amides is 1. The number of nitrogens with two attached hydrogens (primary N) is 1. The highest BCUT2D eigenvalue weighted by Crippen LogP contribution is 2.17. The molecule has 0 unspecified atom stereocenters. The molecule has 3 N–H and O–H groups in total. The molecular weight excluding hydrogens is 216 g/mol. The molecule has 1 heterocycles. The van der Waals surface area contributed by atoms with Gasteiger partial charge in [-0.1, -0.05) is 6.07 Å². The zero-order valence-electron chi connectivity index (χ0n) is 10.0. The summed E-state index contributed by atoms with van der Waals surface area (Å²) >= 11 is 0. The Bertz CT molecular complexity index is 399. The molecule has 1 aliphatic rings. The average Bonchev–Trinajstić information content (AvgIpc) is 2.39. The molecule has 92 valence electrons. The number of likely N-dealkylation sites (N-methyl/N-ethyl adjacent to an activating group) is 1. The van der Waals surface area contributed by atoms with E-state index < -0.39 is 0 Å². The van der Waals surface area contributed by atoms with Gasteiger partial charge in [0.2, 0.25) is 0 Å². The number of rotatable bonds is 2. The van der Waals surface area contributed by atoms with Gasteiger partial charge in [0.15, 0.2) is 0 Å². The van der Waals surface area contributed by atoms with Crippen LogP contribution in [0.3, 0.4) is 0 Å². The van der Waals surface area contributed by atoms with E-state index in [-0.39, 0.29) is 5.91 Å². The SMILES string of the molecule is CN1CCN(c2cccc(C(=O)NN)c2)CC1. The van der Waals surface area contributed by atoms with Crippen LogP contribution in [0.25, 0.3) is 0 Å². The van der Waals surface area contributed by atoms with Crippen molar-refractivity contribution in [2.45, 2.75) is 0 Å². The van der Waals surface area contributed by atoms with E-state index in [4.69, 9.17) is 5.84 Å². The first kappa shape index (κ1) is 11.9. The zero-order chi connectivity index (χ0) is 12.3. The Morgan fingerprint density at radius 1 is 1.29 bits per heavy atom. The summed E-state index contributed by atoms with van der Waals surface area (Å²) < 4.78 is 0. The number of carbonyl (C=O) groups is 1. The summed E-state index contributed by atoms with van der Waals surface area (Å²) in [6.45, 7) is 4.08. The molecule has 0 aromatic heterocycles. The van der Waals surface area contributed by atoms with Crippen molar-refractivity contribution < 1.29 is 4.79 Å². The number of hydrogen-bond acceptors (Lipinski definition) is 4. The number of nitrogen functional groups attached to an aromatic ring is 1. The smallest absolute Gasteiger partial charge is 0.265 e. The summed E-state index contributed by atoms with van der Waals surface area (Å²) in [4.78, 5) is 16.0. The van der Waals surface area contributed by atoms with E-state index in [1.54, 1.807) is 6.07 Å². The Morgan fingerprint density at radius 2 is 2.00 bits per heavy atom. The maximum Gasteiger partial charge on any atom is 0.265 e. The molecule has 5 nitrogen and oxygen atoms in total. The summed E-state index contributed by atoms with van der Waals surface area (Å²) in [6, 6.07) is 7.56. The molecule has 0 saturated carbocycles. The molecule has 0 bridgehead atoms. The summed E-state index contributed by atoms with van der Waals surface area (Å²) in [6.07, 6.45) is 0. The van der Waals surface area contributed by atoms with Gasteiger partial charge >= 0.3 is 0 Å². The summed E-state index contributed by atoms with van der Waals surface area (Å²) in [7, 11) is 2.12. The van der Waals surface area contributed by atoms with Crippen LogP contribution in [0.4, 0.5) is 5.69 Å². The fraction of sp³-hybridized carbons (Fsp3) is 0.417. The summed E-state index contributed by atoms with van der Waals surface area (Å²) in [5.41, 5.74) is 3.84. The second kappa shape index (κ2) is 5.16. The number of anilines is 1. The first-order chi connectivity index (χ1) is 8.20. The first-order valence-corrected chi connectivity index (χ1v) is 5.75. The van der Waals surface area contributed by atoms with Crippen molar-refractivity contribution in [2.75, 3.05) is 38.1 Å². The highest BCUT2D eigenvalue weighted by molar-refractivity contribution is 5.94. The van der Waals surface area contributed by atoms with E-state index in [1.165, 1.54) is 0 Å². The molecule has 0 spiro atoms. The van der Waals surface area contributed by atoms with E-state index in [9.17, 15) is 4.79 Å². The molecule has 2 rings (SSSR count). The lowest BCUT2D eigenvalue weighted by Gasteiger charge is -2.34. The van der Waals surface area contributed by atoms with Crippen molar-refractivity contribution in [3.63, 3.8) is 0 Å². The van der Waals surface area contributed by atoms with Crippen molar-refractivity contribution >= 4 is 11.6 Å². The quantitative estimate of drug-likeness (QED) is 0.431.